The predicted molar refractivity (Wildman–Crippen MR) is 65.1 cm³/mol. The van der Waals surface area contributed by atoms with E-state index in [1.54, 1.807) is 0 Å². The summed E-state index contributed by atoms with van der Waals surface area (Å²) in [5, 5.41) is -0.0253. The van der Waals surface area contributed by atoms with E-state index >= 15 is 0 Å². The molecule has 94 valence electrons. The Hall–Kier alpha value is 0.440. The highest BCUT2D eigenvalue weighted by molar-refractivity contribution is 7.54. The Kier molecular flexibility index (Phi) is 4.01. The summed E-state index contributed by atoms with van der Waals surface area (Å²) in [7, 11) is -3.00. The van der Waals surface area contributed by atoms with E-state index in [2.05, 4.69) is 0 Å². The molecule has 0 aromatic rings. The zero-order chi connectivity index (χ0) is 11.8. The van der Waals surface area contributed by atoms with Crippen LogP contribution < -0.4 is 0 Å². The molecular weight excluding hydrogens is 247 g/mol. The van der Waals surface area contributed by atoms with Gasteiger partial charge in [0.25, 0.3) is 0 Å². The second kappa shape index (κ2) is 4.97. The van der Waals surface area contributed by atoms with Gasteiger partial charge >= 0.3 is 7.60 Å². The van der Waals surface area contributed by atoms with Gasteiger partial charge in [-0.2, -0.15) is 0 Å². The topological polar surface area (TPSA) is 35.5 Å². The predicted octanol–water partition coefficient (Wildman–Crippen LogP) is 3.66. The molecule has 0 spiro atoms. The number of fused-ring (bicyclic) bond motifs is 2. The Morgan fingerprint density at radius 2 is 1.75 bits per heavy atom. The number of halogens is 1. The monoisotopic (exact) mass is 266 g/mol. The molecule has 2 aliphatic carbocycles. The lowest BCUT2D eigenvalue weighted by Crippen LogP contribution is -2.30. The summed E-state index contributed by atoms with van der Waals surface area (Å²) < 4.78 is 23.5. The molecule has 0 radical (unpaired) electrons. The lowest BCUT2D eigenvalue weighted by atomic mass is 10.00. The molecule has 2 aliphatic rings. The van der Waals surface area contributed by atoms with Crippen molar-refractivity contribution in [1.82, 2.24) is 0 Å². The van der Waals surface area contributed by atoms with E-state index in [0.717, 1.165) is 12.8 Å². The highest BCUT2D eigenvalue weighted by Gasteiger charge is 2.56. The molecule has 2 rings (SSSR count). The fourth-order valence-electron chi connectivity index (χ4n) is 3.19. The van der Waals surface area contributed by atoms with Gasteiger partial charge in [-0.05, 0) is 44.9 Å². The van der Waals surface area contributed by atoms with Crippen molar-refractivity contribution in [2.75, 3.05) is 13.2 Å². The van der Waals surface area contributed by atoms with Crippen LogP contribution in [0.1, 0.15) is 33.1 Å². The van der Waals surface area contributed by atoms with Gasteiger partial charge < -0.3 is 9.05 Å². The molecule has 2 bridgehead atoms. The van der Waals surface area contributed by atoms with Crippen molar-refractivity contribution in [3.63, 3.8) is 0 Å². The first-order valence-corrected chi connectivity index (χ1v) is 8.20. The molecule has 0 N–H and O–H groups in total. The molecule has 0 amide bonds. The average Bonchev–Trinajstić information content (AvgIpc) is 2.78. The molecule has 0 heterocycles. The van der Waals surface area contributed by atoms with Crippen LogP contribution in [-0.2, 0) is 13.6 Å². The van der Waals surface area contributed by atoms with Crippen LogP contribution in [0.3, 0.4) is 0 Å². The summed E-state index contributed by atoms with van der Waals surface area (Å²) in [5.41, 5.74) is -0.0761. The maximum atomic E-state index is 12.7. The quantitative estimate of drug-likeness (QED) is 0.563. The second-order valence-electron chi connectivity index (χ2n) is 4.64. The van der Waals surface area contributed by atoms with Gasteiger partial charge in [-0.1, -0.05) is 0 Å². The van der Waals surface area contributed by atoms with E-state index in [1.165, 1.54) is 6.42 Å². The molecule has 0 aliphatic heterocycles. The third kappa shape index (κ3) is 2.08. The van der Waals surface area contributed by atoms with Crippen LogP contribution in [0.15, 0.2) is 0 Å². The van der Waals surface area contributed by atoms with Crippen molar-refractivity contribution in [3.05, 3.63) is 0 Å². The van der Waals surface area contributed by atoms with Crippen LogP contribution >= 0.6 is 19.2 Å². The van der Waals surface area contributed by atoms with E-state index in [0.29, 0.717) is 25.0 Å². The van der Waals surface area contributed by atoms with Crippen LogP contribution in [0.5, 0.6) is 0 Å². The van der Waals surface area contributed by atoms with Gasteiger partial charge in [0.15, 0.2) is 0 Å². The number of alkyl halides is 1. The van der Waals surface area contributed by atoms with Gasteiger partial charge in [-0.15, -0.1) is 11.6 Å². The minimum atomic E-state index is -3.00. The molecule has 2 saturated carbocycles. The van der Waals surface area contributed by atoms with Crippen molar-refractivity contribution in [3.8, 4) is 0 Å². The van der Waals surface area contributed by atoms with Crippen molar-refractivity contribution >= 4 is 19.2 Å². The minimum absolute atomic E-state index is 0.0253. The Labute approximate surface area is 102 Å². The standard InChI is InChI=1S/C11H20ClO3P/c1-3-14-16(13,15-4-2)11-9-6-5-8(7-9)10(11)12/h8-11H,3-7H2,1-2H3/t8-,9+,10-,11-/m0/s1. The lowest BCUT2D eigenvalue weighted by Gasteiger charge is -2.32. The second-order valence-corrected chi connectivity index (χ2v) is 7.34. The fourth-order valence-corrected chi connectivity index (χ4v) is 6.56. The third-order valence-corrected chi connectivity index (χ3v) is 7.27. The highest BCUT2D eigenvalue weighted by atomic mass is 35.5. The SMILES string of the molecule is CCOP(=O)(OCC)[C@H]1[C@@H]2CC[C@@H](C2)[C@@H]1Cl. The van der Waals surface area contributed by atoms with E-state index in [1.807, 2.05) is 13.8 Å². The number of hydrogen-bond acceptors (Lipinski definition) is 3. The summed E-state index contributed by atoms with van der Waals surface area (Å²) in [6.07, 6.45) is 3.40. The summed E-state index contributed by atoms with van der Waals surface area (Å²) in [5.74, 6) is 0.960. The zero-order valence-electron chi connectivity index (χ0n) is 9.89. The van der Waals surface area contributed by atoms with E-state index in [-0.39, 0.29) is 11.0 Å². The van der Waals surface area contributed by atoms with Crippen LogP contribution in [0.2, 0.25) is 0 Å². The summed E-state index contributed by atoms with van der Waals surface area (Å²) >= 11 is 6.40. The van der Waals surface area contributed by atoms with Gasteiger partial charge in [0.05, 0.1) is 24.2 Å². The summed E-state index contributed by atoms with van der Waals surface area (Å²) in [6.45, 7) is 4.55. The molecule has 5 heteroatoms. The zero-order valence-corrected chi connectivity index (χ0v) is 11.5. The van der Waals surface area contributed by atoms with Crippen molar-refractivity contribution in [2.45, 2.75) is 44.1 Å². The van der Waals surface area contributed by atoms with Crippen molar-refractivity contribution < 1.29 is 13.6 Å². The fraction of sp³-hybridized carbons (Fsp3) is 1.00. The van der Waals surface area contributed by atoms with Crippen LogP contribution in [0, 0.1) is 11.8 Å². The lowest BCUT2D eigenvalue weighted by molar-refractivity contribution is 0.203. The Balaban J connectivity index is 2.17. The molecule has 0 aromatic carbocycles. The van der Waals surface area contributed by atoms with E-state index in [4.69, 9.17) is 20.6 Å². The Bertz CT molecular complexity index is 285. The van der Waals surface area contributed by atoms with E-state index < -0.39 is 7.60 Å². The van der Waals surface area contributed by atoms with Gasteiger partial charge in [-0.3, -0.25) is 4.57 Å². The molecule has 0 aromatic heterocycles. The molecule has 16 heavy (non-hydrogen) atoms. The first-order chi connectivity index (χ1) is 7.62. The van der Waals surface area contributed by atoms with Gasteiger partial charge in [0, 0.05) is 0 Å². The molecule has 0 saturated heterocycles. The van der Waals surface area contributed by atoms with Gasteiger partial charge in [0.1, 0.15) is 0 Å². The van der Waals surface area contributed by atoms with E-state index in [9.17, 15) is 4.57 Å². The maximum absolute atomic E-state index is 12.7. The normalized spacial score (nSPS) is 38.2. The molecule has 4 atom stereocenters. The average molecular weight is 267 g/mol. The smallest absolute Gasteiger partial charge is 0.309 e. The largest absolute Gasteiger partial charge is 0.335 e. The van der Waals surface area contributed by atoms with Gasteiger partial charge in [0.2, 0.25) is 0 Å². The van der Waals surface area contributed by atoms with Crippen LogP contribution in [0.4, 0.5) is 0 Å². The molecule has 0 unspecified atom stereocenters. The third-order valence-electron chi connectivity index (χ3n) is 3.76. The number of hydrogen-bond donors (Lipinski definition) is 0. The molecular formula is C11H20ClO3P. The minimum Gasteiger partial charge on any atom is -0.309 e. The molecule has 2 fully saturated rings. The molecule has 3 nitrogen and oxygen atoms in total. The highest BCUT2D eigenvalue weighted by Crippen LogP contribution is 2.65. The Morgan fingerprint density at radius 1 is 1.19 bits per heavy atom. The maximum Gasteiger partial charge on any atom is 0.335 e. The number of rotatable bonds is 5. The van der Waals surface area contributed by atoms with Crippen molar-refractivity contribution in [1.29, 1.82) is 0 Å². The van der Waals surface area contributed by atoms with Crippen molar-refractivity contribution in [2.24, 2.45) is 11.8 Å². The van der Waals surface area contributed by atoms with Crippen LogP contribution in [0.25, 0.3) is 0 Å². The first kappa shape index (κ1) is 12.9. The summed E-state index contributed by atoms with van der Waals surface area (Å²) in [6, 6.07) is 0. The van der Waals surface area contributed by atoms with Crippen LogP contribution in [-0.4, -0.2) is 24.2 Å². The Morgan fingerprint density at radius 3 is 2.19 bits per heavy atom. The summed E-state index contributed by atoms with van der Waals surface area (Å²) in [4.78, 5) is 0. The van der Waals surface area contributed by atoms with Gasteiger partial charge in [-0.25, -0.2) is 0 Å². The first-order valence-electron chi connectivity index (χ1n) is 6.15.